The van der Waals surface area contributed by atoms with E-state index >= 15 is 0 Å². The van der Waals surface area contributed by atoms with Crippen molar-refractivity contribution in [3.8, 4) is 5.75 Å². The van der Waals surface area contributed by atoms with Crippen LogP contribution < -0.4 is 4.74 Å². The van der Waals surface area contributed by atoms with Crippen LogP contribution in [0.5, 0.6) is 5.75 Å². The van der Waals surface area contributed by atoms with Gasteiger partial charge in [-0.15, -0.1) is 0 Å². The Morgan fingerprint density at radius 3 is 2.80 bits per heavy atom. The first-order valence-corrected chi connectivity index (χ1v) is 9.22. The van der Waals surface area contributed by atoms with E-state index in [1.54, 1.807) is 0 Å². The van der Waals surface area contributed by atoms with E-state index in [9.17, 15) is 4.79 Å². The summed E-state index contributed by atoms with van der Waals surface area (Å²) in [4.78, 5) is 12.0. The van der Waals surface area contributed by atoms with Crippen molar-refractivity contribution in [3.63, 3.8) is 0 Å². The van der Waals surface area contributed by atoms with E-state index in [0.29, 0.717) is 18.9 Å². The molecule has 0 spiro atoms. The topological polar surface area (TPSA) is 26.3 Å². The predicted molar refractivity (Wildman–Crippen MR) is 99.8 cm³/mol. The standard InChI is InChI=1S/C23H24O2/c1-2-23-12-10-18-14-20(25-16-17-6-4-3-5-7-17)8-9-21(18)22(23)15-19(24)11-13-23/h3-9,11,13-14,22H,2,10,12,15-16H2,1H3/t22-,23-/m0/s1. The number of ketones is 1. The molecule has 0 heterocycles. The number of aryl methyl sites for hydroxylation is 1. The zero-order valence-electron chi connectivity index (χ0n) is 14.7. The molecule has 128 valence electrons. The Hall–Kier alpha value is -2.35. The number of carbonyl (C=O) groups is 1. The van der Waals surface area contributed by atoms with Crippen LogP contribution in [-0.4, -0.2) is 5.78 Å². The second-order valence-corrected chi connectivity index (χ2v) is 7.28. The average molecular weight is 332 g/mol. The van der Waals surface area contributed by atoms with Crippen molar-refractivity contribution in [2.45, 2.75) is 45.1 Å². The summed E-state index contributed by atoms with van der Waals surface area (Å²) in [6.45, 7) is 2.83. The number of benzene rings is 2. The summed E-state index contributed by atoms with van der Waals surface area (Å²) >= 11 is 0. The lowest BCUT2D eigenvalue weighted by molar-refractivity contribution is -0.116. The summed E-state index contributed by atoms with van der Waals surface area (Å²) in [6, 6.07) is 16.7. The van der Waals surface area contributed by atoms with Gasteiger partial charge in [-0.05, 0) is 59.6 Å². The summed E-state index contributed by atoms with van der Waals surface area (Å²) in [5, 5.41) is 0. The maximum absolute atomic E-state index is 12.0. The fourth-order valence-corrected chi connectivity index (χ4v) is 4.40. The van der Waals surface area contributed by atoms with Gasteiger partial charge in [0, 0.05) is 12.3 Å². The average Bonchev–Trinajstić information content (AvgIpc) is 2.67. The molecule has 2 nitrogen and oxygen atoms in total. The van der Waals surface area contributed by atoms with E-state index < -0.39 is 0 Å². The quantitative estimate of drug-likeness (QED) is 0.767. The monoisotopic (exact) mass is 332 g/mol. The van der Waals surface area contributed by atoms with Crippen LogP contribution in [0, 0.1) is 5.41 Å². The normalized spacial score (nSPS) is 24.5. The third-order valence-electron chi connectivity index (χ3n) is 5.96. The molecule has 4 rings (SSSR count). The molecule has 25 heavy (non-hydrogen) atoms. The van der Waals surface area contributed by atoms with Crippen molar-refractivity contribution >= 4 is 5.78 Å². The molecule has 0 aromatic heterocycles. The van der Waals surface area contributed by atoms with E-state index in [1.165, 1.54) is 16.7 Å². The molecule has 0 N–H and O–H groups in total. The molecule has 2 aromatic carbocycles. The van der Waals surface area contributed by atoms with Crippen molar-refractivity contribution in [2.75, 3.05) is 0 Å². The first kappa shape index (κ1) is 16.1. The maximum Gasteiger partial charge on any atom is 0.156 e. The second kappa shape index (κ2) is 6.51. The molecule has 0 amide bonds. The van der Waals surface area contributed by atoms with Gasteiger partial charge in [0.2, 0.25) is 0 Å². The third-order valence-corrected chi connectivity index (χ3v) is 5.96. The van der Waals surface area contributed by atoms with Gasteiger partial charge in [-0.1, -0.05) is 49.4 Å². The number of ether oxygens (including phenoxy) is 1. The van der Waals surface area contributed by atoms with Crippen LogP contribution in [0.1, 0.15) is 48.8 Å². The lowest BCUT2D eigenvalue weighted by atomic mass is 9.59. The van der Waals surface area contributed by atoms with E-state index in [4.69, 9.17) is 4.74 Å². The van der Waals surface area contributed by atoms with Crippen LogP contribution in [0.3, 0.4) is 0 Å². The zero-order valence-corrected chi connectivity index (χ0v) is 14.7. The fraction of sp³-hybridized carbons (Fsp3) is 0.348. The lowest BCUT2D eigenvalue weighted by Gasteiger charge is -2.44. The SMILES string of the molecule is CC[C@]12C=CC(=O)C[C@H]1c1ccc(OCc3ccccc3)cc1CC2. The Morgan fingerprint density at radius 1 is 1.16 bits per heavy atom. The second-order valence-electron chi connectivity index (χ2n) is 7.28. The van der Waals surface area contributed by atoms with Gasteiger partial charge < -0.3 is 4.74 Å². The molecule has 2 aliphatic rings. The van der Waals surface area contributed by atoms with Gasteiger partial charge in [-0.25, -0.2) is 0 Å². The number of carbonyl (C=O) groups excluding carboxylic acids is 1. The highest BCUT2D eigenvalue weighted by molar-refractivity contribution is 5.91. The van der Waals surface area contributed by atoms with Gasteiger partial charge >= 0.3 is 0 Å². The minimum Gasteiger partial charge on any atom is -0.489 e. The number of rotatable bonds is 4. The molecule has 0 saturated heterocycles. The summed E-state index contributed by atoms with van der Waals surface area (Å²) in [5.41, 5.74) is 4.03. The fourth-order valence-electron chi connectivity index (χ4n) is 4.40. The van der Waals surface area contributed by atoms with Crippen LogP contribution in [-0.2, 0) is 17.8 Å². The molecule has 2 heteroatoms. The van der Waals surface area contributed by atoms with Crippen LogP contribution in [0.4, 0.5) is 0 Å². The molecule has 2 aliphatic carbocycles. The van der Waals surface area contributed by atoms with E-state index in [1.807, 2.05) is 24.3 Å². The first-order chi connectivity index (χ1) is 12.2. The molecular formula is C23H24O2. The summed E-state index contributed by atoms with van der Waals surface area (Å²) < 4.78 is 5.99. The summed E-state index contributed by atoms with van der Waals surface area (Å²) in [6.07, 6.45) is 7.90. The van der Waals surface area contributed by atoms with Crippen LogP contribution in [0.15, 0.2) is 60.7 Å². The minimum absolute atomic E-state index is 0.160. The molecule has 0 unspecified atom stereocenters. The van der Waals surface area contributed by atoms with Gasteiger partial charge in [-0.2, -0.15) is 0 Å². The first-order valence-electron chi connectivity index (χ1n) is 9.22. The number of hydrogen-bond acceptors (Lipinski definition) is 2. The van der Waals surface area contributed by atoms with Crippen molar-refractivity contribution in [1.29, 1.82) is 0 Å². The van der Waals surface area contributed by atoms with Gasteiger partial charge in [0.15, 0.2) is 5.78 Å². The van der Waals surface area contributed by atoms with Crippen molar-refractivity contribution in [2.24, 2.45) is 5.41 Å². The molecule has 2 aromatic rings. The van der Waals surface area contributed by atoms with E-state index in [2.05, 4.69) is 43.3 Å². The smallest absolute Gasteiger partial charge is 0.156 e. The molecule has 0 fully saturated rings. The Bertz CT molecular complexity index is 806. The van der Waals surface area contributed by atoms with Crippen LogP contribution in [0.25, 0.3) is 0 Å². The maximum atomic E-state index is 12.0. The Morgan fingerprint density at radius 2 is 2.00 bits per heavy atom. The Kier molecular flexibility index (Phi) is 4.20. The summed E-state index contributed by atoms with van der Waals surface area (Å²) in [7, 11) is 0. The molecular weight excluding hydrogens is 308 g/mol. The third kappa shape index (κ3) is 3.02. The van der Waals surface area contributed by atoms with E-state index in [-0.39, 0.29) is 11.2 Å². The van der Waals surface area contributed by atoms with Crippen LogP contribution in [0.2, 0.25) is 0 Å². The molecule has 0 saturated carbocycles. The predicted octanol–water partition coefficient (Wildman–Crippen LogP) is 5.22. The highest BCUT2D eigenvalue weighted by Crippen LogP contribution is 2.52. The highest BCUT2D eigenvalue weighted by atomic mass is 16.5. The molecule has 0 bridgehead atoms. The van der Waals surface area contributed by atoms with Crippen molar-refractivity contribution in [3.05, 3.63) is 77.4 Å². The lowest BCUT2D eigenvalue weighted by Crippen LogP contribution is -2.35. The van der Waals surface area contributed by atoms with Gasteiger partial charge in [0.25, 0.3) is 0 Å². The van der Waals surface area contributed by atoms with Crippen molar-refractivity contribution in [1.82, 2.24) is 0 Å². The molecule has 0 aliphatic heterocycles. The Balaban J connectivity index is 1.58. The number of allylic oxidation sites excluding steroid dienone is 2. The van der Waals surface area contributed by atoms with Gasteiger partial charge in [0.1, 0.15) is 12.4 Å². The summed E-state index contributed by atoms with van der Waals surface area (Å²) in [5.74, 6) is 1.50. The van der Waals surface area contributed by atoms with E-state index in [0.717, 1.165) is 25.0 Å². The largest absolute Gasteiger partial charge is 0.489 e. The molecule has 0 radical (unpaired) electrons. The van der Waals surface area contributed by atoms with Crippen molar-refractivity contribution < 1.29 is 9.53 Å². The number of fused-ring (bicyclic) bond motifs is 3. The number of hydrogen-bond donors (Lipinski definition) is 0. The van der Waals surface area contributed by atoms with Crippen LogP contribution >= 0.6 is 0 Å². The van der Waals surface area contributed by atoms with Gasteiger partial charge in [0.05, 0.1) is 0 Å². The zero-order chi connectivity index (χ0) is 17.3. The van der Waals surface area contributed by atoms with Gasteiger partial charge in [-0.3, -0.25) is 4.79 Å². The Labute approximate surface area is 149 Å². The highest BCUT2D eigenvalue weighted by Gasteiger charge is 2.42. The molecule has 2 atom stereocenters. The minimum atomic E-state index is 0.160.